The van der Waals surface area contributed by atoms with E-state index in [0.29, 0.717) is 6.42 Å². The molecular formula is C26H45N3O5. The molecule has 1 aliphatic rings. The Bertz CT molecular complexity index is 739. The molecule has 2 N–H and O–H groups in total. The van der Waals surface area contributed by atoms with Crippen LogP contribution in [0.4, 0.5) is 5.82 Å². The van der Waals surface area contributed by atoms with Crippen LogP contribution < -0.4 is 11.0 Å². The topological polar surface area (TPSA) is 103 Å². The van der Waals surface area contributed by atoms with Gasteiger partial charge in [-0.3, -0.25) is 9.36 Å². The number of carbonyl (C=O) groups is 1. The molecule has 0 saturated carbocycles. The lowest BCUT2D eigenvalue weighted by Crippen LogP contribution is -2.29. The number of nitrogens with zero attached hydrogens (tertiary/aromatic N) is 2. The standard InChI is InChI=1S/C26H45N3O5/c1-2-3-4-5-6-7-8-9-10-11-12-13-14-15-16-17-23(31)27-22-18-19-29(26(32)28-22)24-21-33-25(20-30)34-24/h18-19,24-25,30H,2-17,20-21H2,1H3,(H,27,28,31,32)/t24-,25-/m0/s1. The van der Waals surface area contributed by atoms with Gasteiger partial charge >= 0.3 is 5.69 Å². The first-order valence-corrected chi connectivity index (χ1v) is 13.4. The lowest BCUT2D eigenvalue weighted by atomic mass is 10.0. The summed E-state index contributed by atoms with van der Waals surface area (Å²) in [6, 6.07) is 1.57. The molecule has 0 aliphatic carbocycles. The van der Waals surface area contributed by atoms with Crippen molar-refractivity contribution in [1.82, 2.24) is 9.55 Å². The number of anilines is 1. The first-order chi connectivity index (χ1) is 16.6. The second kappa shape index (κ2) is 17.6. The third-order valence-electron chi connectivity index (χ3n) is 6.30. The number of ether oxygens (including phenoxy) is 2. The molecule has 2 atom stereocenters. The number of hydrogen-bond acceptors (Lipinski definition) is 6. The molecule has 0 aromatic carbocycles. The van der Waals surface area contributed by atoms with E-state index < -0.39 is 18.2 Å². The van der Waals surface area contributed by atoms with Crippen LogP contribution in [0.2, 0.25) is 0 Å². The van der Waals surface area contributed by atoms with Crippen molar-refractivity contribution in [2.24, 2.45) is 0 Å². The number of rotatable bonds is 19. The van der Waals surface area contributed by atoms with Gasteiger partial charge in [-0.05, 0) is 12.5 Å². The van der Waals surface area contributed by atoms with Crippen molar-refractivity contribution in [2.75, 3.05) is 18.5 Å². The van der Waals surface area contributed by atoms with E-state index in [0.717, 1.165) is 19.3 Å². The predicted molar refractivity (Wildman–Crippen MR) is 134 cm³/mol. The van der Waals surface area contributed by atoms with Gasteiger partial charge in [-0.1, -0.05) is 96.8 Å². The Balaban J connectivity index is 1.45. The minimum absolute atomic E-state index is 0.125. The van der Waals surface area contributed by atoms with E-state index in [9.17, 15) is 9.59 Å². The first-order valence-electron chi connectivity index (χ1n) is 13.4. The molecule has 0 unspecified atom stereocenters. The Morgan fingerprint density at radius 1 is 1.00 bits per heavy atom. The average Bonchev–Trinajstić information content (AvgIpc) is 3.30. The Kier molecular flexibility index (Phi) is 14.8. The van der Waals surface area contributed by atoms with E-state index in [1.165, 1.54) is 87.8 Å². The predicted octanol–water partition coefficient (Wildman–Crippen LogP) is 5.31. The Morgan fingerprint density at radius 2 is 1.56 bits per heavy atom. The largest absolute Gasteiger partial charge is 0.391 e. The van der Waals surface area contributed by atoms with Gasteiger partial charge in [-0.15, -0.1) is 0 Å². The van der Waals surface area contributed by atoms with Gasteiger partial charge in [0.05, 0.1) is 13.2 Å². The minimum Gasteiger partial charge on any atom is -0.391 e. The summed E-state index contributed by atoms with van der Waals surface area (Å²) in [5, 5.41) is 11.7. The third-order valence-corrected chi connectivity index (χ3v) is 6.30. The quantitative estimate of drug-likeness (QED) is 0.261. The lowest BCUT2D eigenvalue weighted by molar-refractivity contribution is -0.116. The van der Waals surface area contributed by atoms with Crippen molar-refractivity contribution < 1.29 is 19.4 Å². The molecule has 0 bridgehead atoms. The normalized spacial score (nSPS) is 17.8. The molecular weight excluding hydrogens is 434 g/mol. The van der Waals surface area contributed by atoms with Gasteiger partial charge in [0.25, 0.3) is 0 Å². The van der Waals surface area contributed by atoms with Gasteiger partial charge in [0.15, 0.2) is 12.5 Å². The molecule has 34 heavy (non-hydrogen) atoms. The second-order valence-corrected chi connectivity index (χ2v) is 9.29. The Labute approximate surface area is 204 Å². The van der Waals surface area contributed by atoms with Gasteiger partial charge in [-0.2, -0.15) is 4.98 Å². The zero-order chi connectivity index (χ0) is 24.4. The maximum atomic E-state index is 12.2. The molecule has 8 nitrogen and oxygen atoms in total. The maximum Gasteiger partial charge on any atom is 0.351 e. The number of aliphatic hydroxyl groups is 1. The van der Waals surface area contributed by atoms with Gasteiger partial charge in [0.1, 0.15) is 5.82 Å². The molecule has 1 saturated heterocycles. The Morgan fingerprint density at radius 3 is 2.06 bits per heavy atom. The highest BCUT2D eigenvalue weighted by atomic mass is 16.7. The number of amides is 1. The summed E-state index contributed by atoms with van der Waals surface area (Å²) in [6.45, 7) is 2.16. The summed E-state index contributed by atoms with van der Waals surface area (Å²) in [6.07, 6.45) is 19.9. The average molecular weight is 480 g/mol. The summed E-state index contributed by atoms with van der Waals surface area (Å²) in [5.74, 6) is 0.116. The van der Waals surface area contributed by atoms with E-state index >= 15 is 0 Å². The van der Waals surface area contributed by atoms with E-state index in [-0.39, 0.29) is 24.9 Å². The molecule has 1 aliphatic heterocycles. The maximum absolute atomic E-state index is 12.2. The number of hydrogen-bond donors (Lipinski definition) is 2. The van der Waals surface area contributed by atoms with Crippen LogP contribution in [0.5, 0.6) is 0 Å². The molecule has 1 amide bonds. The monoisotopic (exact) mass is 479 g/mol. The number of carbonyl (C=O) groups excluding carboxylic acids is 1. The number of nitrogens with one attached hydrogen (secondary N) is 1. The van der Waals surface area contributed by atoms with Crippen LogP contribution in [-0.2, 0) is 14.3 Å². The molecule has 2 rings (SSSR count). The first kappa shape index (κ1) is 28.5. The van der Waals surface area contributed by atoms with Crippen LogP contribution in [0.25, 0.3) is 0 Å². The fraction of sp³-hybridized carbons (Fsp3) is 0.808. The summed E-state index contributed by atoms with van der Waals surface area (Å²) in [7, 11) is 0. The summed E-state index contributed by atoms with van der Waals surface area (Å²) >= 11 is 0. The number of unbranched alkanes of at least 4 members (excludes halogenated alkanes) is 14. The van der Waals surface area contributed by atoms with Crippen LogP contribution in [0.15, 0.2) is 17.1 Å². The number of aliphatic hydroxyl groups excluding tert-OH is 1. The fourth-order valence-corrected chi connectivity index (χ4v) is 4.25. The highest BCUT2D eigenvalue weighted by Gasteiger charge is 2.27. The lowest BCUT2D eigenvalue weighted by Gasteiger charge is -2.12. The van der Waals surface area contributed by atoms with Crippen LogP contribution in [0.3, 0.4) is 0 Å². The van der Waals surface area contributed by atoms with Crippen molar-refractivity contribution in [3.63, 3.8) is 0 Å². The molecule has 0 radical (unpaired) electrons. The summed E-state index contributed by atoms with van der Waals surface area (Å²) < 4.78 is 11.9. The van der Waals surface area contributed by atoms with Gasteiger partial charge in [-0.25, -0.2) is 4.79 Å². The molecule has 8 heteroatoms. The van der Waals surface area contributed by atoms with Crippen LogP contribution in [0, 0.1) is 0 Å². The molecule has 1 aromatic heterocycles. The molecule has 1 aromatic rings. The molecule has 194 valence electrons. The van der Waals surface area contributed by atoms with Crippen molar-refractivity contribution in [3.05, 3.63) is 22.7 Å². The summed E-state index contributed by atoms with van der Waals surface area (Å²) in [5.41, 5.74) is -0.531. The fourth-order valence-electron chi connectivity index (χ4n) is 4.25. The van der Waals surface area contributed by atoms with Crippen LogP contribution in [-0.4, -0.2) is 40.1 Å². The zero-order valence-corrected chi connectivity index (χ0v) is 21.0. The third kappa shape index (κ3) is 11.6. The zero-order valence-electron chi connectivity index (χ0n) is 21.0. The van der Waals surface area contributed by atoms with E-state index in [1.54, 1.807) is 6.07 Å². The smallest absolute Gasteiger partial charge is 0.351 e. The number of aromatic nitrogens is 2. The highest BCUT2D eigenvalue weighted by molar-refractivity contribution is 5.89. The second-order valence-electron chi connectivity index (χ2n) is 9.29. The summed E-state index contributed by atoms with van der Waals surface area (Å²) in [4.78, 5) is 28.3. The molecule has 1 fully saturated rings. The highest BCUT2D eigenvalue weighted by Crippen LogP contribution is 2.19. The van der Waals surface area contributed by atoms with Crippen molar-refractivity contribution in [1.29, 1.82) is 0 Å². The van der Waals surface area contributed by atoms with Crippen molar-refractivity contribution in [3.8, 4) is 0 Å². The minimum atomic E-state index is -0.730. The van der Waals surface area contributed by atoms with Crippen LogP contribution in [0.1, 0.15) is 116 Å². The van der Waals surface area contributed by atoms with E-state index in [1.807, 2.05) is 0 Å². The van der Waals surface area contributed by atoms with E-state index in [4.69, 9.17) is 14.6 Å². The Hall–Kier alpha value is -1.77. The van der Waals surface area contributed by atoms with Crippen molar-refractivity contribution >= 4 is 11.7 Å². The van der Waals surface area contributed by atoms with Crippen molar-refractivity contribution in [2.45, 2.75) is 122 Å². The van der Waals surface area contributed by atoms with E-state index in [2.05, 4.69) is 17.2 Å². The van der Waals surface area contributed by atoms with Gasteiger partial charge < -0.3 is 19.9 Å². The SMILES string of the molecule is CCCCCCCCCCCCCCCCCC(=O)Nc1ccn([C@@H]2CO[C@H](CO)O2)c(=O)n1. The van der Waals surface area contributed by atoms with Gasteiger partial charge in [0.2, 0.25) is 5.91 Å². The molecule has 0 spiro atoms. The molecule has 2 heterocycles. The van der Waals surface area contributed by atoms with Gasteiger partial charge in [0, 0.05) is 12.6 Å². The van der Waals surface area contributed by atoms with Crippen LogP contribution >= 0.6 is 0 Å².